The number of benzene rings is 1. The van der Waals surface area contributed by atoms with Crippen LogP contribution in [-0.4, -0.2) is 11.1 Å². The molecule has 0 spiro atoms. The highest BCUT2D eigenvalue weighted by Gasteiger charge is 2.08. The van der Waals surface area contributed by atoms with Crippen LogP contribution in [0.25, 0.3) is 0 Å². The molecule has 1 rings (SSSR count). The van der Waals surface area contributed by atoms with E-state index in [1.165, 1.54) is 12.1 Å². The van der Waals surface area contributed by atoms with E-state index >= 15 is 0 Å². The van der Waals surface area contributed by atoms with Gasteiger partial charge in [0.25, 0.3) is 0 Å². The SMILES string of the molecule is Cc1cc(C(=O)O)cc(C)c1C#N. The predicted molar refractivity (Wildman–Crippen MR) is 47.6 cm³/mol. The molecule has 0 heterocycles. The van der Waals surface area contributed by atoms with Gasteiger partial charge in [0.15, 0.2) is 0 Å². The number of aryl methyl sites for hydroxylation is 2. The lowest BCUT2D eigenvalue weighted by Gasteiger charge is -2.03. The Morgan fingerprint density at radius 3 is 2.15 bits per heavy atom. The second-order valence-corrected chi connectivity index (χ2v) is 2.90. The molecule has 13 heavy (non-hydrogen) atoms. The maximum Gasteiger partial charge on any atom is 0.335 e. The lowest BCUT2D eigenvalue weighted by atomic mass is 10.0. The van der Waals surface area contributed by atoms with E-state index in [-0.39, 0.29) is 5.56 Å². The van der Waals surface area contributed by atoms with Crippen molar-refractivity contribution >= 4 is 5.97 Å². The van der Waals surface area contributed by atoms with Crippen LogP contribution in [0.3, 0.4) is 0 Å². The van der Waals surface area contributed by atoms with Crippen LogP contribution in [0.4, 0.5) is 0 Å². The van der Waals surface area contributed by atoms with Gasteiger partial charge in [0.2, 0.25) is 0 Å². The van der Waals surface area contributed by atoms with E-state index in [1.54, 1.807) is 13.8 Å². The van der Waals surface area contributed by atoms with Gasteiger partial charge in [-0.2, -0.15) is 5.26 Å². The lowest BCUT2D eigenvalue weighted by Crippen LogP contribution is -1.99. The van der Waals surface area contributed by atoms with Crippen LogP contribution in [0.2, 0.25) is 0 Å². The lowest BCUT2D eigenvalue weighted by molar-refractivity contribution is 0.0696. The number of rotatable bonds is 1. The Morgan fingerprint density at radius 2 is 1.85 bits per heavy atom. The minimum atomic E-state index is -0.962. The molecule has 1 aromatic carbocycles. The zero-order valence-electron chi connectivity index (χ0n) is 7.46. The molecular formula is C10H9NO2. The molecule has 0 radical (unpaired) electrons. The third-order valence-corrected chi connectivity index (χ3v) is 1.89. The smallest absolute Gasteiger partial charge is 0.335 e. The Hall–Kier alpha value is -1.82. The van der Waals surface area contributed by atoms with Crippen LogP contribution in [0.1, 0.15) is 27.0 Å². The molecule has 0 aliphatic carbocycles. The Morgan fingerprint density at radius 1 is 1.38 bits per heavy atom. The molecule has 0 saturated heterocycles. The second-order valence-electron chi connectivity index (χ2n) is 2.90. The fourth-order valence-electron chi connectivity index (χ4n) is 1.26. The number of nitrogens with zero attached hydrogens (tertiary/aromatic N) is 1. The van der Waals surface area contributed by atoms with Crippen LogP contribution < -0.4 is 0 Å². The zero-order chi connectivity index (χ0) is 10.0. The number of aromatic carboxylic acids is 1. The van der Waals surface area contributed by atoms with Gasteiger partial charge in [-0.1, -0.05) is 0 Å². The van der Waals surface area contributed by atoms with Gasteiger partial charge in [0.1, 0.15) is 0 Å². The molecule has 0 aromatic heterocycles. The van der Waals surface area contributed by atoms with Crippen LogP contribution in [-0.2, 0) is 0 Å². The van der Waals surface area contributed by atoms with E-state index in [0.717, 1.165) is 0 Å². The van der Waals surface area contributed by atoms with Gasteiger partial charge < -0.3 is 5.11 Å². The van der Waals surface area contributed by atoms with Crippen molar-refractivity contribution in [1.29, 1.82) is 5.26 Å². The van der Waals surface area contributed by atoms with Crippen molar-refractivity contribution < 1.29 is 9.90 Å². The van der Waals surface area contributed by atoms with E-state index in [4.69, 9.17) is 10.4 Å². The van der Waals surface area contributed by atoms with Crippen LogP contribution in [0.15, 0.2) is 12.1 Å². The van der Waals surface area contributed by atoms with E-state index in [2.05, 4.69) is 0 Å². The van der Waals surface area contributed by atoms with Gasteiger partial charge in [-0.15, -0.1) is 0 Å². The van der Waals surface area contributed by atoms with E-state index < -0.39 is 5.97 Å². The largest absolute Gasteiger partial charge is 0.478 e. The molecule has 0 aliphatic rings. The monoisotopic (exact) mass is 175 g/mol. The quantitative estimate of drug-likeness (QED) is 0.708. The van der Waals surface area contributed by atoms with Gasteiger partial charge >= 0.3 is 5.97 Å². The number of carboxylic acid groups (broad SMARTS) is 1. The van der Waals surface area contributed by atoms with Crippen LogP contribution >= 0.6 is 0 Å². The molecule has 1 N–H and O–H groups in total. The third-order valence-electron chi connectivity index (χ3n) is 1.89. The molecule has 3 heteroatoms. The molecule has 0 unspecified atom stereocenters. The molecular weight excluding hydrogens is 166 g/mol. The van der Waals surface area contributed by atoms with Crippen LogP contribution in [0.5, 0.6) is 0 Å². The van der Waals surface area contributed by atoms with Gasteiger partial charge in [-0.25, -0.2) is 4.79 Å². The Bertz CT molecular complexity index is 379. The third kappa shape index (κ3) is 1.67. The molecule has 66 valence electrons. The first-order valence-electron chi connectivity index (χ1n) is 3.81. The summed E-state index contributed by atoms with van der Waals surface area (Å²) in [5.74, 6) is -0.962. The molecule has 0 saturated carbocycles. The predicted octanol–water partition coefficient (Wildman–Crippen LogP) is 1.87. The molecule has 0 aliphatic heterocycles. The Balaban J connectivity index is 3.39. The minimum Gasteiger partial charge on any atom is -0.478 e. The topological polar surface area (TPSA) is 61.1 Å². The van der Waals surface area contributed by atoms with Crippen molar-refractivity contribution in [2.24, 2.45) is 0 Å². The first-order chi connectivity index (χ1) is 6.06. The number of hydrogen-bond donors (Lipinski definition) is 1. The summed E-state index contributed by atoms with van der Waals surface area (Å²) in [5.41, 5.74) is 2.21. The Labute approximate surface area is 76.2 Å². The van der Waals surface area contributed by atoms with E-state index in [9.17, 15) is 4.79 Å². The van der Waals surface area contributed by atoms with E-state index in [1.807, 2.05) is 6.07 Å². The number of carboxylic acids is 1. The van der Waals surface area contributed by atoms with Crippen molar-refractivity contribution in [3.8, 4) is 6.07 Å². The summed E-state index contributed by atoms with van der Waals surface area (Å²) in [6.07, 6.45) is 0. The average Bonchev–Trinajstić information content (AvgIpc) is 2.03. The van der Waals surface area contributed by atoms with Crippen molar-refractivity contribution in [2.45, 2.75) is 13.8 Å². The van der Waals surface area contributed by atoms with Gasteiger partial charge in [0.05, 0.1) is 17.2 Å². The highest BCUT2D eigenvalue weighted by atomic mass is 16.4. The van der Waals surface area contributed by atoms with Gasteiger partial charge in [0, 0.05) is 0 Å². The fourth-order valence-corrected chi connectivity index (χ4v) is 1.26. The first-order valence-corrected chi connectivity index (χ1v) is 3.81. The Kier molecular flexibility index (Phi) is 2.34. The molecule has 3 nitrogen and oxygen atoms in total. The summed E-state index contributed by atoms with van der Waals surface area (Å²) in [5, 5.41) is 17.4. The molecule has 0 bridgehead atoms. The highest BCUT2D eigenvalue weighted by Crippen LogP contribution is 2.15. The number of nitriles is 1. The summed E-state index contributed by atoms with van der Waals surface area (Å²) in [6, 6.07) is 5.05. The van der Waals surface area contributed by atoms with Crippen LogP contribution in [0, 0.1) is 25.2 Å². The summed E-state index contributed by atoms with van der Waals surface area (Å²) in [4.78, 5) is 10.6. The summed E-state index contributed by atoms with van der Waals surface area (Å²) in [7, 11) is 0. The fraction of sp³-hybridized carbons (Fsp3) is 0.200. The minimum absolute atomic E-state index is 0.231. The van der Waals surface area contributed by atoms with E-state index in [0.29, 0.717) is 16.7 Å². The van der Waals surface area contributed by atoms with Crippen molar-refractivity contribution in [2.75, 3.05) is 0 Å². The van der Waals surface area contributed by atoms with Crippen molar-refractivity contribution in [3.63, 3.8) is 0 Å². The van der Waals surface area contributed by atoms with Crippen molar-refractivity contribution in [3.05, 3.63) is 34.4 Å². The zero-order valence-corrected chi connectivity index (χ0v) is 7.46. The summed E-state index contributed by atoms with van der Waals surface area (Å²) >= 11 is 0. The normalized spacial score (nSPS) is 9.31. The van der Waals surface area contributed by atoms with Crippen molar-refractivity contribution in [1.82, 2.24) is 0 Å². The molecule has 1 aromatic rings. The summed E-state index contributed by atoms with van der Waals surface area (Å²) < 4.78 is 0. The number of hydrogen-bond acceptors (Lipinski definition) is 2. The molecule has 0 atom stereocenters. The standard InChI is InChI=1S/C10H9NO2/c1-6-3-8(10(12)13)4-7(2)9(6)5-11/h3-4H,1-2H3,(H,12,13). The number of carbonyl (C=O) groups is 1. The first kappa shape index (κ1) is 9.27. The highest BCUT2D eigenvalue weighted by molar-refractivity contribution is 5.88. The molecule has 0 amide bonds. The summed E-state index contributed by atoms with van der Waals surface area (Å²) in [6.45, 7) is 3.47. The molecule has 0 fully saturated rings. The maximum absolute atomic E-state index is 10.6. The maximum atomic E-state index is 10.6. The van der Waals surface area contributed by atoms with Gasteiger partial charge in [-0.3, -0.25) is 0 Å². The second kappa shape index (κ2) is 3.28. The van der Waals surface area contributed by atoms with Gasteiger partial charge in [-0.05, 0) is 37.1 Å². The average molecular weight is 175 g/mol.